The highest BCUT2D eigenvalue weighted by Gasteiger charge is 2.38. The van der Waals surface area contributed by atoms with Gasteiger partial charge in [0.05, 0.1) is 0 Å². The normalized spacial score (nSPS) is 15.8. The maximum absolute atomic E-state index is 13.1. The molecule has 0 bridgehead atoms. The molecule has 1 aliphatic carbocycles. The maximum atomic E-state index is 13.1. The molecule has 0 atom stereocenters. The summed E-state index contributed by atoms with van der Waals surface area (Å²) in [5, 5.41) is 6.76. The van der Waals surface area contributed by atoms with Gasteiger partial charge in [-0.25, -0.2) is 4.39 Å². The Morgan fingerprint density at radius 3 is 2.67 bits per heavy atom. The Morgan fingerprint density at radius 1 is 1.33 bits per heavy atom. The van der Waals surface area contributed by atoms with E-state index in [9.17, 15) is 9.18 Å². The van der Waals surface area contributed by atoms with E-state index in [1.807, 2.05) is 12.1 Å². The third-order valence-corrected chi connectivity index (χ3v) is 4.76. The van der Waals surface area contributed by atoms with Crippen LogP contribution in [0.2, 0.25) is 0 Å². The van der Waals surface area contributed by atoms with Crippen LogP contribution in [0.25, 0.3) is 0 Å². The van der Waals surface area contributed by atoms with Crippen LogP contribution in [0, 0.1) is 12.7 Å². The van der Waals surface area contributed by atoms with Crippen LogP contribution in [0.3, 0.4) is 0 Å². The minimum Gasteiger partial charge on any atom is -0.355 e. The van der Waals surface area contributed by atoms with Crippen molar-refractivity contribution in [2.45, 2.75) is 50.9 Å². The van der Waals surface area contributed by atoms with Crippen LogP contribution < -0.4 is 5.32 Å². The van der Waals surface area contributed by atoms with Crippen LogP contribution in [-0.4, -0.2) is 22.6 Å². The molecular weight excluding hydrogens is 309 g/mol. The first-order valence-electron chi connectivity index (χ1n) is 8.39. The molecule has 0 unspecified atom stereocenters. The Bertz CT molecular complexity index is 693. The summed E-state index contributed by atoms with van der Waals surface area (Å²) >= 11 is 0. The lowest BCUT2D eigenvalue weighted by Gasteiger charge is -2.42. The van der Waals surface area contributed by atoms with Crippen LogP contribution in [0.5, 0.6) is 0 Å². The lowest BCUT2D eigenvalue weighted by molar-refractivity contribution is -0.121. The molecule has 2 aromatic rings. The standard InChI is InChI=1S/C18H22FN3O2/c1-13-21-17(24-22-13)5-2-4-16(23)20-12-18(10-3-11-18)14-6-8-15(19)9-7-14/h6-9H,2-5,10-12H2,1H3,(H,20,23). The molecule has 1 heterocycles. The van der Waals surface area contributed by atoms with Crippen LogP contribution in [-0.2, 0) is 16.6 Å². The lowest BCUT2D eigenvalue weighted by Crippen LogP contribution is -2.45. The van der Waals surface area contributed by atoms with Gasteiger partial charge in [0.15, 0.2) is 5.82 Å². The average molecular weight is 331 g/mol. The summed E-state index contributed by atoms with van der Waals surface area (Å²) in [7, 11) is 0. The maximum Gasteiger partial charge on any atom is 0.226 e. The quantitative estimate of drug-likeness (QED) is 0.846. The molecule has 0 aliphatic heterocycles. The Balaban J connectivity index is 1.46. The number of benzene rings is 1. The van der Waals surface area contributed by atoms with Gasteiger partial charge in [-0.2, -0.15) is 4.98 Å². The van der Waals surface area contributed by atoms with Crippen molar-refractivity contribution in [1.82, 2.24) is 15.5 Å². The molecule has 24 heavy (non-hydrogen) atoms. The zero-order valence-corrected chi connectivity index (χ0v) is 13.8. The Hall–Kier alpha value is -2.24. The third kappa shape index (κ3) is 3.80. The number of nitrogens with one attached hydrogen (secondary N) is 1. The minimum absolute atomic E-state index is 0.0274. The van der Waals surface area contributed by atoms with Crippen molar-refractivity contribution in [3.8, 4) is 0 Å². The van der Waals surface area contributed by atoms with Crippen molar-refractivity contribution in [3.63, 3.8) is 0 Å². The predicted molar refractivity (Wildman–Crippen MR) is 86.9 cm³/mol. The van der Waals surface area contributed by atoms with Gasteiger partial charge in [0.1, 0.15) is 5.82 Å². The molecule has 6 heteroatoms. The molecule has 3 rings (SSSR count). The first-order chi connectivity index (χ1) is 11.6. The van der Waals surface area contributed by atoms with E-state index in [0.717, 1.165) is 24.8 Å². The van der Waals surface area contributed by atoms with Crippen LogP contribution >= 0.6 is 0 Å². The fourth-order valence-corrected chi connectivity index (χ4v) is 3.17. The lowest BCUT2D eigenvalue weighted by atomic mass is 9.64. The molecular formula is C18H22FN3O2. The molecule has 1 aromatic heterocycles. The Labute approximate surface area is 140 Å². The van der Waals surface area contributed by atoms with E-state index in [-0.39, 0.29) is 17.1 Å². The second-order valence-electron chi connectivity index (χ2n) is 6.51. The van der Waals surface area contributed by atoms with Crippen molar-refractivity contribution < 1.29 is 13.7 Å². The molecule has 1 amide bonds. The number of nitrogens with zero attached hydrogens (tertiary/aromatic N) is 2. The molecule has 5 nitrogen and oxygen atoms in total. The van der Waals surface area contributed by atoms with Crippen molar-refractivity contribution >= 4 is 5.91 Å². The third-order valence-electron chi connectivity index (χ3n) is 4.76. The molecule has 1 fully saturated rings. The Morgan fingerprint density at radius 2 is 2.08 bits per heavy atom. The second kappa shape index (κ2) is 7.11. The van der Waals surface area contributed by atoms with Crippen LogP contribution in [0.15, 0.2) is 28.8 Å². The summed E-state index contributed by atoms with van der Waals surface area (Å²) in [6.45, 7) is 2.38. The minimum atomic E-state index is -0.228. The first-order valence-corrected chi connectivity index (χ1v) is 8.39. The van der Waals surface area contributed by atoms with E-state index >= 15 is 0 Å². The highest BCUT2D eigenvalue weighted by molar-refractivity contribution is 5.76. The number of carbonyl (C=O) groups excluding carboxylic acids is 1. The van der Waals surface area contributed by atoms with Crippen LogP contribution in [0.1, 0.15) is 49.4 Å². The number of rotatable bonds is 7. The zero-order chi connectivity index (χ0) is 17.0. The topological polar surface area (TPSA) is 68.0 Å². The molecule has 128 valence electrons. The fourth-order valence-electron chi connectivity index (χ4n) is 3.17. The number of halogens is 1. The SMILES string of the molecule is Cc1noc(CCCC(=O)NCC2(c3ccc(F)cc3)CCC2)n1. The second-order valence-corrected chi connectivity index (χ2v) is 6.51. The van der Waals surface area contributed by atoms with E-state index in [2.05, 4.69) is 15.5 Å². The van der Waals surface area contributed by atoms with Gasteiger partial charge in [-0.1, -0.05) is 23.7 Å². The molecule has 1 aromatic carbocycles. The van der Waals surface area contributed by atoms with Gasteiger partial charge >= 0.3 is 0 Å². The van der Waals surface area contributed by atoms with Gasteiger partial charge in [0.25, 0.3) is 0 Å². The summed E-state index contributed by atoms with van der Waals surface area (Å²) < 4.78 is 18.1. The molecule has 1 saturated carbocycles. The molecule has 0 saturated heterocycles. The highest BCUT2D eigenvalue weighted by Crippen LogP contribution is 2.43. The van der Waals surface area contributed by atoms with Gasteiger partial charge in [-0.15, -0.1) is 0 Å². The largest absolute Gasteiger partial charge is 0.355 e. The molecule has 0 spiro atoms. The van der Waals surface area contributed by atoms with Gasteiger partial charge in [0, 0.05) is 24.8 Å². The molecule has 1 aliphatic rings. The van der Waals surface area contributed by atoms with Crippen molar-refractivity contribution in [3.05, 3.63) is 47.4 Å². The molecule has 0 radical (unpaired) electrons. The monoisotopic (exact) mass is 331 g/mol. The fraction of sp³-hybridized carbons (Fsp3) is 0.500. The van der Waals surface area contributed by atoms with Gasteiger partial charge < -0.3 is 9.84 Å². The van der Waals surface area contributed by atoms with Gasteiger partial charge in [-0.05, 0) is 43.9 Å². The van der Waals surface area contributed by atoms with E-state index in [1.165, 1.54) is 12.1 Å². The summed E-state index contributed by atoms with van der Waals surface area (Å²) in [6, 6.07) is 6.64. The smallest absolute Gasteiger partial charge is 0.226 e. The van der Waals surface area contributed by atoms with Gasteiger partial charge in [0.2, 0.25) is 11.8 Å². The number of aromatic nitrogens is 2. The average Bonchev–Trinajstić information content (AvgIpc) is 2.93. The van der Waals surface area contributed by atoms with Crippen molar-refractivity contribution in [2.24, 2.45) is 0 Å². The zero-order valence-electron chi connectivity index (χ0n) is 13.8. The van der Waals surface area contributed by atoms with E-state index in [4.69, 9.17) is 4.52 Å². The summed E-state index contributed by atoms with van der Waals surface area (Å²) in [4.78, 5) is 16.2. The summed E-state index contributed by atoms with van der Waals surface area (Å²) in [5.74, 6) is 0.982. The molecule has 1 N–H and O–H groups in total. The van der Waals surface area contributed by atoms with Crippen molar-refractivity contribution in [1.29, 1.82) is 0 Å². The number of aryl methyl sites for hydroxylation is 2. The highest BCUT2D eigenvalue weighted by atomic mass is 19.1. The summed E-state index contributed by atoms with van der Waals surface area (Å²) in [6.07, 6.45) is 4.92. The number of hydrogen-bond acceptors (Lipinski definition) is 4. The van der Waals surface area contributed by atoms with E-state index in [1.54, 1.807) is 6.92 Å². The predicted octanol–water partition coefficient (Wildman–Crippen LogP) is 3.08. The summed E-state index contributed by atoms with van der Waals surface area (Å²) in [5.41, 5.74) is 1.07. The van der Waals surface area contributed by atoms with Gasteiger partial charge in [-0.3, -0.25) is 4.79 Å². The number of carbonyl (C=O) groups is 1. The Kier molecular flexibility index (Phi) is 4.92. The number of hydrogen-bond donors (Lipinski definition) is 1. The van der Waals surface area contributed by atoms with Crippen molar-refractivity contribution in [2.75, 3.05) is 6.54 Å². The van der Waals surface area contributed by atoms with Crippen LogP contribution in [0.4, 0.5) is 4.39 Å². The van der Waals surface area contributed by atoms with E-state index < -0.39 is 0 Å². The number of amides is 1. The van der Waals surface area contributed by atoms with E-state index in [0.29, 0.717) is 37.5 Å². The first kappa shape index (κ1) is 16.6.